The van der Waals surface area contributed by atoms with Crippen LogP contribution in [0.25, 0.3) is 0 Å². The summed E-state index contributed by atoms with van der Waals surface area (Å²) in [6.07, 6.45) is 1.62. The van der Waals surface area contributed by atoms with E-state index in [2.05, 4.69) is 0 Å². The largest absolute Gasteiger partial charge is 0.387 e. The molecule has 1 heterocycles. The lowest BCUT2D eigenvalue weighted by atomic mass is 9.73. The molecule has 2 rings (SSSR count). The predicted molar refractivity (Wildman–Crippen MR) is 74.6 cm³/mol. The van der Waals surface area contributed by atoms with Crippen molar-refractivity contribution in [2.45, 2.75) is 18.3 Å². The number of hydrogen-bond acceptors (Lipinski definition) is 2. The maximum Gasteiger partial charge on any atom is 0.102 e. The van der Waals surface area contributed by atoms with Crippen LogP contribution in [0.3, 0.4) is 0 Å². The first-order chi connectivity index (χ1) is 7.26. The Morgan fingerprint density at radius 2 is 1.65 bits per heavy atom. The van der Waals surface area contributed by atoms with E-state index in [-0.39, 0.29) is 36.1 Å². The van der Waals surface area contributed by atoms with Gasteiger partial charge in [-0.05, 0) is 18.4 Å². The van der Waals surface area contributed by atoms with Crippen molar-refractivity contribution in [3.8, 4) is 0 Å². The summed E-state index contributed by atoms with van der Waals surface area (Å²) in [5.74, 6) is 0.261. The third-order valence-corrected chi connectivity index (χ3v) is 3.19. The molecule has 1 aliphatic heterocycles. The number of benzene rings is 1. The third-order valence-electron chi connectivity index (χ3n) is 3.19. The van der Waals surface area contributed by atoms with Gasteiger partial charge in [-0.3, -0.25) is 5.41 Å². The van der Waals surface area contributed by atoms with Gasteiger partial charge in [0.1, 0.15) is 5.84 Å². The van der Waals surface area contributed by atoms with Gasteiger partial charge in [0.05, 0.1) is 5.41 Å². The van der Waals surface area contributed by atoms with Gasteiger partial charge in [0.15, 0.2) is 0 Å². The van der Waals surface area contributed by atoms with Crippen molar-refractivity contribution >= 4 is 30.6 Å². The summed E-state index contributed by atoms with van der Waals surface area (Å²) in [6, 6.07) is 10.1. The minimum absolute atomic E-state index is 0. The second-order valence-corrected chi connectivity index (χ2v) is 3.97. The number of nitrogens with two attached hydrogens (primary N) is 1. The van der Waals surface area contributed by atoms with Crippen molar-refractivity contribution in [3.63, 3.8) is 0 Å². The molecule has 1 aromatic rings. The Balaban J connectivity index is 0.00000128. The second-order valence-electron chi connectivity index (χ2n) is 3.97. The van der Waals surface area contributed by atoms with Gasteiger partial charge < -0.3 is 10.5 Å². The summed E-state index contributed by atoms with van der Waals surface area (Å²) >= 11 is 0. The van der Waals surface area contributed by atoms with E-state index in [0.717, 1.165) is 18.4 Å². The fourth-order valence-corrected chi connectivity index (χ4v) is 2.19. The average molecular weight is 277 g/mol. The molecular weight excluding hydrogens is 259 g/mol. The first kappa shape index (κ1) is 16.2. The Morgan fingerprint density at radius 1 is 1.12 bits per heavy atom. The Bertz CT molecular complexity index is 351. The summed E-state index contributed by atoms with van der Waals surface area (Å²) in [6.45, 7) is 1.38. The molecule has 0 unspecified atom stereocenters. The Kier molecular flexibility index (Phi) is 6.53. The summed E-state index contributed by atoms with van der Waals surface area (Å²) in [7, 11) is 0. The van der Waals surface area contributed by atoms with Crippen LogP contribution in [0.1, 0.15) is 18.4 Å². The van der Waals surface area contributed by atoms with Crippen molar-refractivity contribution < 1.29 is 4.74 Å². The molecule has 1 fully saturated rings. The molecule has 0 atom stereocenters. The molecule has 0 bridgehead atoms. The Morgan fingerprint density at radius 3 is 2.12 bits per heavy atom. The summed E-state index contributed by atoms with van der Waals surface area (Å²) in [4.78, 5) is 0. The number of nitrogens with one attached hydrogen (secondary N) is 1. The van der Waals surface area contributed by atoms with Gasteiger partial charge in [-0.1, -0.05) is 30.3 Å². The minimum Gasteiger partial charge on any atom is -0.387 e. The molecule has 3 nitrogen and oxygen atoms in total. The maximum absolute atomic E-state index is 7.80. The summed E-state index contributed by atoms with van der Waals surface area (Å²) in [5, 5.41) is 7.80. The van der Waals surface area contributed by atoms with E-state index in [1.165, 1.54) is 0 Å². The van der Waals surface area contributed by atoms with Gasteiger partial charge in [0, 0.05) is 13.2 Å². The normalized spacial score (nSPS) is 17.4. The number of hydrogen-bond donors (Lipinski definition) is 2. The molecule has 0 radical (unpaired) electrons. The average Bonchev–Trinajstić information content (AvgIpc) is 2.31. The van der Waals surface area contributed by atoms with E-state index in [0.29, 0.717) is 13.2 Å². The van der Waals surface area contributed by atoms with Gasteiger partial charge in [-0.25, -0.2) is 0 Å². The van der Waals surface area contributed by atoms with E-state index >= 15 is 0 Å². The van der Waals surface area contributed by atoms with E-state index in [1.807, 2.05) is 30.3 Å². The highest BCUT2D eigenvalue weighted by Gasteiger charge is 2.37. The topological polar surface area (TPSA) is 59.1 Å². The van der Waals surface area contributed by atoms with Crippen LogP contribution in [0.2, 0.25) is 0 Å². The smallest absolute Gasteiger partial charge is 0.102 e. The van der Waals surface area contributed by atoms with Crippen LogP contribution in [-0.4, -0.2) is 19.0 Å². The molecule has 1 saturated heterocycles. The van der Waals surface area contributed by atoms with Crippen molar-refractivity contribution in [3.05, 3.63) is 35.9 Å². The van der Waals surface area contributed by atoms with Crippen LogP contribution in [0.5, 0.6) is 0 Å². The lowest BCUT2D eigenvalue weighted by Crippen LogP contribution is -2.45. The van der Waals surface area contributed by atoms with Gasteiger partial charge in [-0.2, -0.15) is 0 Å². The summed E-state index contributed by atoms with van der Waals surface area (Å²) in [5.41, 5.74) is 6.61. The van der Waals surface area contributed by atoms with Gasteiger partial charge >= 0.3 is 0 Å². The molecule has 1 aliphatic rings. The first-order valence-electron chi connectivity index (χ1n) is 5.23. The molecule has 0 aliphatic carbocycles. The van der Waals surface area contributed by atoms with Crippen LogP contribution in [0, 0.1) is 5.41 Å². The SMILES string of the molecule is Cl.Cl.N=C(N)C1(c2ccccc2)CCOCC1. The first-order valence-corrected chi connectivity index (χ1v) is 5.23. The van der Waals surface area contributed by atoms with E-state index < -0.39 is 0 Å². The van der Waals surface area contributed by atoms with Crippen molar-refractivity contribution in [1.82, 2.24) is 0 Å². The highest BCUT2D eigenvalue weighted by atomic mass is 35.5. The van der Waals surface area contributed by atoms with Crippen molar-refractivity contribution in [1.29, 1.82) is 5.41 Å². The maximum atomic E-state index is 7.80. The highest BCUT2D eigenvalue weighted by Crippen LogP contribution is 2.34. The number of halogens is 2. The van der Waals surface area contributed by atoms with Crippen molar-refractivity contribution in [2.24, 2.45) is 5.73 Å². The monoisotopic (exact) mass is 276 g/mol. The number of rotatable bonds is 2. The fourth-order valence-electron chi connectivity index (χ4n) is 2.19. The van der Waals surface area contributed by atoms with Gasteiger partial charge in [0.2, 0.25) is 0 Å². The zero-order valence-electron chi connectivity index (χ0n) is 9.52. The third kappa shape index (κ3) is 3.12. The second kappa shape index (κ2) is 6.84. The minimum atomic E-state index is -0.292. The fraction of sp³-hybridized carbons (Fsp3) is 0.417. The molecule has 0 aromatic heterocycles. The lowest BCUT2D eigenvalue weighted by molar-refractivity contribution is 0.0703. The van der Waals surface area contributed by atoms with E-state index in [9.17, 15) is 0 Å². The zero-order chi connectivity index (χ0) is 10.7. The van der Waals surface area contributed by atoms with E-state index in [1.54, 1.807) is 0 Å². The quantitative estimate of drug-likeness (QED) is 0.644. The molecule has 0 amide bonds. The summed E-state index contributed by atoms with van der Waals surface area (Å²) < 4.78 is 5.34. The van der Waals surface area contributed by atoms with Crippen LogP contribution >= 0.6 is 24.8 Å². The van der Waals surface area contributed by atoms with E-state index in [4.69, 9.17) is 15.9 Å². The van der Waals surface area contributed by atoms with Crippen molar-refractivity contribution in [2.75, 3.05) is 13.2 Å². The molecule has 96 valence electrons. The van der Waals surface area contributed by atoms with Gasteiger partial charge in [-0.15, -0.1) is 24.8 Å². The molecule has 5 heteroatoms. The van der Waals surface area contributed by atoms with Crippen LogP contribution < -0.4 is 5.73 Å². The standard InChI is InChI=1S/C12H16N2O.2ClH/c13-11(14)12(6-8-15-9-7-12)10-4-2-1-3-5-10;;/h1-5H,6-9H2,(H3,13,14);2*1H. The molecule has 17 heavy (non-hydrogen) atoms. The van der Waals surface area contributed by atoms with Crippen LogP contribution in [-0.2, 0) is 10.2 Å². The number of amidine groups is 1. The number of ether oxygens (including phenoxy) is 1. The molecule has 3 N–H and O–H groups in total. The lowest BCUT2D eigenvalue weighted by Gasteiger charge is -2.36. The molecule has 0 spiro atoms. The molecular formula is C12H18Cl2N2O. The van der Waals surface area contributed by atoms with Crippen LogP contribution in [0.15, 0.2) is 30.3 Å². The van der Waals surface area contributed by atoms with Crippen LogP contribution in [0.4, 0.5) is 0 Å². The Labute approximate surface area is 114 Å². The highest BCUT2D eigenvalue weighted by molar-refractivity contribution is 5.89. The molecule has 1 aromatic carbocycles. The molecule has 0 saturated carbocycles. The Hall–Kier alpha value is -0.770. The predicted octanol–water partition coefficient (Wildman–Crippen LogP) is 2.51. The van der Waals surface area contributed by atoms with Gasteiger partial charge in [0.25, 0.3) is 0 Å². The zero-order valence-corrected chi connectivity index (χ0v) is 11.2.